The Morgan fingerprint density at radius 1 is 1.13 bits per heavy atom. The summed E-state index contributed by atoms with van der Waals surface area (Å²) >= 11 is 0. The summed E-state index contributed by atoms with van der Waals surface area (Å²) in [5.74, 6) is 1.35. The van der Waals surface area contributed by atoms with E-state index in [1.54, 1.807) is 0 Å². The van der Waals surface area contributed by atoms with E-state index < -0.39 is 0 Å². The summed E-state index contributed by atoms with van der Waals surface area (Å²) in [7, 11) is 0. The lowest BCUT2D eigenvalue weighted by molar-refractivity contribution is 0.162. The van der Waals surface area contributed by atoms with Gasteiger partial charge in [-0.25, -0.2) is 0 Å². The Morgan fingerprint density at radius 3 is 2.47 bits per heavy atom. The molecule has 1 aromatic carbocycles. The highest BCUT2D eigenvalue weighted by atomic mass is 14.8. The summed E-state index contributed by atoms with van der Waals surface area (Å²) in [6.07, 6.45) is 3.71. The minimum Gasteiger partial charge on any atom is -0.321 e. The second-order valence-electron chi connectivity index (χ2n) is 5.19. The second-order valence-corrected chi connectivity index (χ2v) is 5.19. The highest BCUT2D eigenvalue weighted by Crippen LogP contribution is 2.41. The van der Waals surface area contributed by atoms with Gasteiger partial charge in [-0.2, -0.15) is 0 Å². The fourth-order valence-electron chi connectivity index (χ4n) is 2.82. The fraction of sp³-hybridized carbons (Fsp3) is 0.571. The first-order valence-electron chi connectivity index (χ1n) is 5.97. The van der Waals surface area contributed by atoms with Crippen molar-refractivity contribution < 1.29 is 0 Å². The molecule has 82 valence electrons. The molecule has 1 heteroatoms. The van der Waals surface area contributed by atoms with Crippen LogP contribution in [-0.4, -0.2) is 0 Å². The summed E-state index contributed by atoms with van der Waals surface area (Å²) in [4.78, 5) is 0. The lowest BCUT2D eigenvalue weighted by Crippen LogP contribution is -2.47. The predicted molar refractivity (Wildman–Crippen MR) is 64.5 cm³/mol. The van der Waals surface area contributed by atoms with Gasteiger partial charge in [-0.3, -0.25) is 0 Å². The molecule has 1 aromatic rings. The Bertz CT molecular complexity index is 319. The van der Waals surface area contributed by atoms with E-state index in [4.69, 9.17) is 5.73 Å². The summed E-state index contributed by atoms with van der Waals surface area (Å²) in [6.45, 7) is 4.61. The molecular weight excluding hydrogens is 182 g/mol. The van der Waals surface area contributed by atoms with E-state index in [-0.39, 0.29) is 5.54 Å². The van der Waals surface area contributed by atoms with Crippen molar-refractivity contribution in [2.45, 2.75) is 38.6 Å². The molecule has 0 bridgehead atoms. The molecular formula is C14H21N. The number of nitrogens with two attached hydrogens (primary N) is 1. The van der Waals surface area contributed by atoms with Gasteiger partial charge in [0.2, 0.25) is 0 Å². The van der Waals surface area contributed by atoms with Gasteiger partial charge in [-0.05, 0) is 30.2 Å². The third-order valence-electron chi connectivity index (χ3n) is 3.97. The molecule has 1 nitrogen and oxygen atoms in total. The number of rotatable bonds is 1. The van der Waals surface area contributed by atoms with E-state index in [1.807, 2.05) is 0 Å². The first kappa shape index (κ1) is 10.7. The molecule has 2 rings (SSSR count). The zero-order chi connectivity index (χ0) is 10.9. The van der Waals surface area contributed by atoms with Crippen molar-refractivity contribution in [3.63, 3.8) is 0 Å². The summed E-state index contributed by atoms with van der Waals surface area (Å²) < 4.78 is 0. The van der Waals surface area contributed by atoms with Gasteiger partial charge in [-0.1, -0.05) is 50.6 Å². The largest absolute Gasteiger partial charge is 0.321 e. The predicted octanol–water partition coefficient (Wildman–Crippen LogP) is 3.30. The van der Waals surface area contributed by atoms with Gasteiger partial charge >= 0.3 is 0 Å². The molecule has 1 aliphatic carbocycles. The zero-order valence-electron chi connectivity index (χ0n) is 9.74. The van der Waals surface area contributed by atoms with Crippen LogP contribution in [0.5, 0.6) is 0 Å². The van der Waals surface area contributed by atoms with Gasteiger partial charge in [0, 0.05) is 5.54 Å². The van der Waals surface area contributed by atoms with E-state index in [0.29, 0.717) is 5.92 Å². The monoisotopic (exact) mass is 203 g/mol. The molecule has 1 saturated carbocycles. The van der Waals surface area contributed by atoms with Crippen molar-refractivity contribution >= 4 is 0 Å². The quantitative estimate of drug-likeness (QED) is 0.744. The smallest absolute Gasteiger partial charge is 0.0438 e. The Balaban J connectivity index is 2.31. The van der Waals surface area contributed by atoms with Gasteiger partial charge in [0.15, 0.2) is 0 Å². The van der Waals surface area contributed by atoms with E-state index in [9.17, 15) is 0 Å². The molecule has 0 heterocycles. The normalized spacial score (nSPS) is 36.5. The van der Waals surface area contributed by atoms with Crippen LogP contribution in [0, 0.1) is 11.8 Å². The Labute approximate surface area is 92.7 Å². The minimum atomic E-state index is -0.0983. The van der Waals surface area contributed by atoms with Crippen molar-refractivity contribution in [1.29, 1.82) is 0 Å². The van der Waals surface area contributed by atoms with Crippen LogP contribution in [0.4, 0.5) is 0 Å². The maximum Gasteiger partial charge on any atom is 0.0438 e. The molecule has 0 amide bonds. The maximum absolute atomic E-state index is 6.61. The highest BCUT2D eigenvalue weighted by molar-refractivity contribution is 5.25. The van der Waals surface area contributed by atoms with Crippen LogP contribution in [0.3, 0.4) is 0 Å². The van der Waals surface area contributed by atoms with Crippen molar-refractivity contribution in [2.75, 3.05) is 0 Å². The summed E-state index contributed by atoms with van der Waals surface area (Å²) in [6, 6.07) is 10.6. The maximum atomic E-state index is 6.61. The minimum absolute atomic E-state index is 0.0983. The zero-order valence-corrected chi connectivity index (χ0v) is 9.74. The van der Waals surface area contributed by atoms with E-state index in [1.165, 1.54) is 18.4 Å². The molecule has 1 aliphatic rings. The molecule has 0 saturated heterocycles. The van der Waals surface area contributed by atoms with Crippen LogP contribution in [0.2, 0.25) is 0 Å². The van der Waals surface area contributed by atoms with Crippen LogP contribution < -0.4 is 5.73 Å². The van der Waals surface area contributed by atoms with Crippen molar-refractivity contribution in [3.8, 4) is 0 Å². The molecule has 3 unspecified atom stereocenters. The van der Waals surface area contributed by atoms with Gasteiger partial charge in [-0.15, -0.1) is 0 Å². The lowest BCUT2D eigenvalue weighted by Gasteiger charge is -2.42. The molecule has 3 atom stereocenters. The number of hydrogen-bond donors (Lipinski definition) is 1. The second kappa shape index (κ2) is 3.97. The third-order valence-corrected chi connectivity index (χ3v) is 3.97. The van der Waals surface area contributed by atoms with Crippen LogP contribution in [0.25, 0.3) is 0 Å². The Hall–Kier alpha value is -0.820. The van der Waals surface area contributed by atoms with Crippen LogP contribution >= 0.6 is 0 Å². The number of hydrogen-bond acceptors (Lipinski definition) is 1. The average molecular weight is 203 g/mol. The number of benzene rings is 1. The van der Waals surface area contributed by atoms with Gasteiger partial charge in [0.05, 0.1) is 0 Å². The van der Waals surface area contributed by atoms with Gasteiger partial charge in [0.1, 0.15) is 0 Å². The Kier molecular flexibility index (Phi) is 2.83. The van der Waals surface area contributed by atoms with Crippen molar-refractivity contribution in [2.24, 2.45) is 17.6 Å². The van der Waals surface area contributed by atoms with Crippen LogP contribution in [0.15, 0.2) is 30.3 Å². The molecule has 0 aromatic heterocycles. The van der Waals surface area contributed by atoms with Gasteiger partial charge in [0.25, 0.3) is 0 Å². The molecule has 0 radical (unpaired) electrons. The van der Waals surface area contributed by atoms with Crippen LogP contribution in [0.1, 0.15) is 38.7 Å². The lowest BCUT2D eigenvalue weighted by atomic mass is 9.67. The highest BCUT2D eigenvalue weighted by Gasteiger charge is 2.38. The molecule has 0 aliphatic heterocycles. The fourth-order valence-corrected chi connectivity index (χ4v) is 2.82. The van der Waals surface area contributed by atoms with Crippen molar-refractivity contribution in [1.82, 2.24) is 0 Å². The molecule has 2 N–H and O–H groups in total. The molecule has 15 heavy (non-hydrogen) atoms. The summed E-state index contributed by atoms with van der Waals surface area (Å²) in [5, 5.41) is 0. The first-order chi connectivity index (χ1) is 7.13. The van der Waals surface area contributed by atoms with Crippen molar-refractivity contribution in [3.05, 3.63) is 35.9 Å². The van der Waals surface area contributed by atoms with Gasteiger partial charge < -0.3 is 5.73 Å². The average Bonchev–Trinajstić information content (AvgIpc) is 2.25. The summed E-state index contributed by atoms with van der Waals surface area (Å²) in [5.41, 5.74) is 7.83. The third kappa shape index (κ3) is 1.93. The van der Waals surface area contributed by atoms with E-state index in [0.717, 1.165) is 12.3 Å². The van der Waals surface area contributed by atoms with E-state index in [2.05, 4.69) is 44.2 Å². The molecule has 0 spiro atoms. The first-order valence-corrected chi connectivity index (χ1v) is 5.97. The van der Waals surface area contributed by atoms with E-state index >= 15 is 0 Å². The SMILES string of the molecule is CC1CCC(C)C(N)(c2ccccc2)C1. The Morgan fingerprint density at radius 2 is 1.80 bits per heavy atom. The molecule has 1 fully saturated rings. The standard InChI is InChI=1S/C14H21N/c1-11-8-9-12(2)14(15,10-11)13-6-4-3-5-7-13/h3-7,11-12H,8-10,15H2,1-2H3. The topological polar surface area (TPSA) is 26.0 Å². The van der Waals surface area contributed by atoms with Crippen LogP contribution in [-0.2, 0) is 5.54 Å².